The van der Waals surface area contributed by atoms with Gasteiger partial charge in [-0.05, 0) is 12.8 Å². The number of nitrogens with zero attached hydrogens (tertiary/aromatic N) is 2. The van der Waals surface area contributed by atoms with Crippen LogP contribution in [0.4, 0.5) is 13.2 Å². The van der Waals surface area contributed by atoms with E-state index in [-0.39, 0.29) is 25.9 Å². The summed E-state index contributed by atoms with van der Waals surface area (Å²) in [7, 11) is 0. The molecule has 0 saturated carbocycles. The third-order valence-corrected chi connectivity index (χ3v) is 2.77. The Balaban J connectivity index is 2.73. The zero-order valence-electron chi connectivity index (χ0n) is 8.62. The summed E-state index contributed by atoms with van der Waals surface area (Å²) < 4.78 is 36.3. The average molecular weight is 250 g/mol. The third kappa shape index (κ3) is 2.49. The van der Waals surface area contributed by atoms with Gasteiger partial charge in [0.2, 0.25) is 0 Å². The van der Waals surface area contributed by atoms with E-state index in [1.54, 1.807) is 6.07 Å². The van der Waals surface area contributed by atoms with Crippen molar-refractivity contribution < 1.29 is 27.9 Å². The van der Waals surface area contributed by atoms with Gasteiger partial charge in [0, 0.05) is 13.1 Å². The van der Waals surface area contributed by atoms with E-state index < -0.39 is 23.5 Å². The lowest BCUT2D eigenvalue weighted by atomic mass is 9.80. The first-order chi connectivity index (χ1) is 7.73. The van der Waals surface area contributed by atoms with Gasteiger partial charge in [-0.25, -0.2) is 0 Å². The molecule has 0 aromatic heterocycles. The molecular weight excluding hydrogens is 241 g/mol. The Morgan fingerprint density at radius 3 is 2.06 bits per heavy atom. The second-order valence-corrected chi connectivity index (χ2v) is 3.79. The number of likely N-dealkylation sites (tertiary alicyclic amines) is 1. The van der Waals surface area contributed by atoms with Gasteiger partial charge in [0.25, 0.3) is 0 Å². The minimum Gasteiger partial charge on any atom is -0.480 e. The number of piperidine rings is 1. The fraction of sp³-hybridized carbons (Fsp3) is 0.667. The van der Waals surface area contributed by atoms with Gasteiger partial charge in [0.05, 0.1) is 6.07 Å². The summed E-state index contributed by atoms with van der Waals surface area (Å²) in [5, 5.41) is 17.6. The predicted octanol–water partition coefficient (Wildman–Crippen LogP) is 0.766. The minimum atomic E-state index is -4.96. The maximum absolute atomic E-state index is 12.1. The molecule has 1 rings (SSSR count). The van der Waals surface area contributed by atoms with E-state index in [9.17, 15) is 22.8 Å². The van der Waals surface area contributed by atoms with Gasteiger partial charge >= 0.3 is 18.1 Å². The Bertz CT molecular complexity index is 378. The highest BCUT2D eigenvalue weighted by atomic mass is 19.4. The van der Waals surface area contributed by atoms with Crippen molar-refractivity contribution >= 4 is 11.9 Å². The maximum atomic E-state index is 12.1. The van der Waals surface area contributed by atoms with Crippen molar-refractivity contribution in [2.45, 2.75) is 19.0 Å². The second kappa shape index (κ2) is 4.24. The number of halogens is 3. The lowest BCUT2D eigenvalue weighted by Gasteiger charge is -2.34. The maximum Gasteiger partial charge on any atom is 0.471 e. The molecule has 94 valence electrons. The molecule has 0 aromatic carbocycles. The molecule has 1 aliphatic rings. The molecule has 1 amide bonds. The van der Waals surface area contributed by atoms with Gasteiger partial charge < -0.3 is 10.0 Å². The van der Waals surface area contributed by atoms with Crippen molar-refractivity contribution in [3.05, 3.63) is 0 Å². The molecule has 1 N–H and O–H groups in total. The molecule has 0 atom stereocenters. The second-order valence-electron chi connectivity index (χ2n) is 3.79. The summed E-state index contributed by atoms with van der Waals surface area (Å²) in [6.07, 6.45) is -5.54. The highest BCUT2D eigenvalue weighted by Gasteiger charge is 2.48. The van der Waals surface area contributed by atoms with Crippen LogP contribution in [0.2, 0.25) is 0 Å². The number of carboxylic acid groups (broad SMARTS) is 1. The number of carbonyl (C=O) groups is 2. The summed E-state index contributed by atoms with van der Waals surface area (Å²) in [6.45, 7) is -0.754. The van der Waals surface area contributed by atoms with E-state index in [0.717, 1.165) is 0 Å². The minimum absolute atomic E-state index is 0.291. The Morgan fingerprint density at radius 2 is 1.76 bits per heavy atom. The molecule has 1 aliphatic heterocycles. The van der Waals surface area contributed by atoms with Crippen molar-refractivity contribution in [3.8, 4) is 6.07 Å². The summed E-state index contributed by atoms with van der Waals surface area (Å²) >= 11 is 0. The number of hydrogen-bond acceptors (Lipinski definition) is 3. The molecule has 17 heavy (non-hydrogen) atoms. The largest absolute Gasteiger partial charge is 0.480 e. The first-order valence-electron chi connectivity index (χ1n) is 4.74. The van der Waals surface area contributed by atoms with Crippen LogP contribution in [0.1, 0.15) is 12.8 Å². The molecule has 1 saturated heterocycles. The molecule has 8 heteroatoms. The molecule has 0 aliphatic carbocycles. The van der Waals surface area contributed by atoms with Crippen molar-refractivity contribution in [1.29, 1.82) is 5.26 Å². The molecule has 0 radical (unpaired) electrons. The molecule has 0 bridgehead atoms. The quantitative estimate of drug-likeness (QED) is 0.745. The van der Waals surface area contributed by atoms with Crippen LogP contribution >= 0.6 is 0 Å². The van der Waals surface area contributed by atoms with Crippen LogP contribution in [-0.4, -0.2) is 41.1 Å². The van der Waals surface area contributed by atoms with E-state index in [0.29, 0.717) is 4.90 Å². The smallest absolute Gasteiger partial charge is 0.471 e. The van der Waals surface area contributed by atoms with E-state index >= 15 is 0 Å². The van der Waals surface area contributed by atoms with Gasteiger partial charge in [-0.2, -0.15) is 18.4 Å². The highest BCUT2D eigenvalue weighted by Crippen LogP contribution is 2.32. The van der Waals surface area contributed by atoms with Gasteiger partial charge in [-0.15, -0.1) is 0 Å². The Labute approximate surface area is 94.4 Å². The van der Waals surface area contributed by atoms with Crippen molar-refractivity contribution in [3.63, 3.8) is 0 Å². The fourth-order valence-corrected chi connectivity index (χ4v) is 1.64. The first-order valence-corrected chi connectivity index (χ1v) is 4.74. The zero-order valence-corrected chi connectivity index (χ0v) is 8.62. The summed E-state index contributed by atoms with van der Waals surface area (Å²) in [6, 6.07) is 1.60. The van der Waals surface area contributed by atoms with Gasteiger partial charge in [-0.3, -0.25) is 9.59 Å². The SMILES string of the molecule is N#CC1(C(=O)O)CCN(C(=O)C(F)(F)F)CC1. The fourth-order valence-electron chi connectivity index (χ4n) is 1.64. The number of carboxylic acids is 1. The lowest BCUT2D eigenvalue weighted by Crippen LogP contribution is -2.49. The van der Waals surface area contributed by atoms with Gasteiger partial charge in [0.15, 0.2) is 5.41 Å². The number of nitriles is 1. The van der Waals surface area contributed by atoms with E-state index in [1.165, 1.54) is 0 Å². The summed E-state index contributed by atoms with van der Waals surface area (Å²) in [5.74, 6) is -3.35. The monoisotopic (exact) mass is 250 g/mol. The van der Waals surface area contributed by atoms with Crippen LogP contribution in [0.15, 0.2) is 0 Å². The average Bonchev–Trinajstić information content (AvgIpc) is 2.26. The molecule has 5 nitrogen and oxygen atoms in total. The number of amides is 1. The van der Waals surface area contributed by atoms with Crippen LogP contribution in [0.5, 0.6) is 0 Å². The van der Waals surface area contributed by atoms with Crippen LogP contribution in [0.25, 0.3) is 0 Å². The first kappa shape index (κ1) is 13.3. The highest BCUT2D eigenvalue weighted by molar-refractivity contribution is 5.83. The lowest BCUT2D eigenvalue weighted by molar-refractivity contribution is -0.187. The van der Waals surface area contributed by atoms with Crippen molar-refractivity contribution in [1.82, 2.24) is 4.90 Å². The molecule has 0 aromatic rings. The molecule has 1 fully saturated rings. The number of rotatable bonds is 1. The predicted molar refractivity (Wildman–Crippen MR) is 47.6 cm³/mol. The van der Waals surface area contributed by atoms with Crippen molar-refractivity contribution in [2.75, 3.05) is 13.1 Å². The Morgan fingerprint density at radius 1 is 1.29 bits per heavy atom. The third-order valence-electron chi connectivity index (χ3n) is 2.77. The summed E-state index contributed by atoms with van der Waals surface area (Å²) in [4.78, 5) is 22.2. The number of carbonyl (C=O) groups excluding carboxylic acids is 1. The number of aliphatic carboxylic acids is 1. The van der Waals surface area contributed by atoms with Gasteiger partial charge in [-0.1, -0.05) is 0 Å². The molecule has 1 heterocycles. The molecule has 0 unspecified atom stereocenters. The van der Waals surface area contributed by atoms with Crippen LogP contribution < -0.4 is 0 Å². The zero-order chi connectivity index (χ0) is 13.3. The van der Waals surface area contributed by atoms with Crippen molar-refractivity contribution in [2.24, 2.45) is 5.41 Å². The van der Waals surface area contributed by atoms with Crippen LogP contribution in [-0.2, 0) is 9.59 Å². The summed E-state index contributed by atoms with van der Waals surface area (Å²) in [5.41, 5.74) is -1.68. The molecule has 0 spiro atoms. The van der Waals surface area contributed by atoms with Crippen LogP contribution in [0.3, 0.4) is 0 Å². The Kier molecular flexibility index (Phi) is 3.31. The topological polar surface area (TPSA) is 81.4 Å². The van der Waals surface area contributed by atoms with E-state index in [4.69, 9.17) is 10.4 Å². The normalized spacial score (nSPS) is 19.5. The van der Waals surface area contributed by atoms with Gasteiger partial charge in [0.1, 0.15) is 0 Å². The standard InChI is InChI=1S/C9H9F3N2O3/c10-9(11,12)6(15)14-3-1-8(5-13,2-4-14)7(16)17/h1-4H2,(H,16,17). The van der Waals surface area contributed by atoms with E-state index in [2.05, 4.69) is 0 Å². The van der Waals surface area contributed by atoms with E-state index in [1.807, 2.05) is 0 Å². The number of hydrogen-bond donors (Lipinski definition) is 1. The molecular formula is C9H9F3N2O3. The van der Waals surface area contributed by atoms with Crippen LogP contribution in [0, 0.1) is 16.7 Å². The number of alkyl halides is 3. The Hall–Kier alpha value is -1.78.